The van der Waals surface area contributed by atoms with E-state index in [0.29, 0.717) is 41.5 Å². The number of Topliss-reactive ketones (excluding diaryl/α,β-unsaturated/α-hetero) is 1. The van der Waals surface area contributed by atoms with Crippen molar-refractivity contribution in [3.8, 4) is 11.5 Å². The second-order valence-corrected chi connectivity index (χ2v) is 6.51. The molecule has 1 saturated heterocycles. The van der Waals surface area contributed by atoms with Crippen molar-refractivity contribution < 1.29 is 28.6 Å². The number of carbonyl (C=O) groups is 2. The summed E-state index contributed by atoms with van der Waals surface area (Å²) >= 11 is 0. The van der Waals surface area contributed by atoms with Gasteiger partial charge in [0, 0.05) is 12.1 Å². The van der Waals surface area contributed by atoms with E-state index in [0.717, 1.165) is 0 Å². The Morgan fingerprint density at radius 1 is 1.19 bits per heavy atom. The first-order valence-corrected chi connectivity index (χ1v) is 8.76. The fourth-order valence-corrected chi connectivity index (χ4v) is 3.45. The molecule has 2 aliphatic rings. The van der Waals surface area contributed by atoms with E-state index in [1.165, 1.54) is 4.90 Å². The van der Waals surface area contributed by atoms with Crippen molar-refractivity contribution in [3.05, 3.63) is 53.0 Å². The van der Waals surface area contributed by atoms with Gasteiger partial charge < -0.3 is 23.9 Å². The van der Waals surface area contributed by atoms with E-state index < -0.39 is 17.7 Å². The molecule has 0 bridgehead atoms. The number of aliphatic hydroxyl groups excluding tert-OH is 1. The van der Waals surface area contributed by atoms with Crippen molar-refractivity contribution in [1.82, 2.24) is 4.90 Å². The van der Waals surface area contributed by atoms with Crippen molar-refractivity contribution >= 4 is 17.4 Å². The summed E-state index contributed by atoms with van der Waals surface area (Å²) in [6, 6.07) is 7.61. The van der Waals surface area contributed by atoms with Gasteiger partial charge in [-0.15, -0.1) is 0 Å². The average Bonchev–Trinajstić information content (AvgIpc) is 3.35. The first kappa shape index (κ1) is 17.2. The van der Waals surface area contributed by atoms with Gasteiger partial charge in [0.15, 0.2) is 11.5 Å². The fraction of sp³-hybridized carbons (Fsp3) is 0.300. The molecule has 0 aliphatic carbocycles. The number of ketones is 1. The molecule has 1 N–H and O–H groups in total. The van der Waals surface area contributed by atoms with Crippen LogP contribution in [0, 0.1) is 6.92 Å². The normalized spacial score (nSPS) is 20.5. The molecule has 1 aromatic heterocycles. The second-order valence-electron chi connectivity index (χ2n) is 6.51. The zero-order valence-corrected chi connectivity index (χ0v) is 15.0. The molecule has 1 atom stereocenters. The number of likely N-dealkylation sites (tertiary alicyclic amines) is 1. The Morgan fingerprint density at radius 3 is 2.67 bits per heavy atom. The number of rotatable bonds is 4. The summed E-state index contributed by atoms with van der Waals surface area (Å²) in [6.07, 6.45) is 0.674. The third-order valence-corrected chi connectivity index (χ3v) is 4.68. The van der Waals surface area contributed by atoms with Crippen molar-refractivity contribution in [3.63, 3.8) is 0 Å². The first-order chi connectivity index (χ1) is 13.0. The molecule has 4 rings (SSSR count). The van der Waals surface area contributed by atoms with Crippen LogP contribution in [0.1, 0.15) is 36.5 Å². The van der Waals surface area contributed by atoms with Gasteiger partial charge in [-0.2, -0.15) is 0 Å². The van der Waals surface area contributed by atoms with Crippen LogP contribution in [0.4, 0.5) is 0 Å². The van der Waals surface area contributed by atoms with Crippen LogP contribution in [0.2, 0.25) is 0 Å². The van der Waals surface area contributed by atoms with E-state index in [2.05, 4.69) is 0 Å². The number of carbonyl (C=O) groups excluding carboxylic acids is 2. The van der Waals surface area contributed by atoms with Gasteiger partial charge in [0.05, 0.1) is 5.57 Å². The predicted molar refractivity (Wildman–Crippen MR) is 95.3 cm³/mol. The monoisotopic (exact) mass is 369 g/mol. The van der Waals surface area contributed by atoms with Gasteiger partial charge >= 0.3 is 0 Å². The van der Waals surface area contributed by atoms with Crippen LogP contribution in [0.5, 0.6) is 11.5 Å². The number of amides is 1. The van der Waals surface area contributed by atoms with Gasteiger partial charge in [-0.05, 0) is 43.7 Å². The summed E-state index contributed by atoms with van der Waals surface area (Å²) < 4.78 is 16.3. The summed E-state index contributed by atoms with van der Waals surface area (Å²) in [6.45, 7) is 4.19. The second kappa shape index (κ2) is 6.50. The minimum Gasteiger partial charge on any atom is -0.507 e. The summed E-state index contributed by atoms with van der Waals surface area (Å²) in [7, 11) is 0. The van der Waals surface area contributed by atoms with Crippen molar-refractivity contribution in [2.75, 3.05) is 13.3 Å². The number of aryl methyl sites for hydroxylation is 1. The third kappa shape index (κ3) is 2.75. The highest BCUT2D eigenvalue weighted by atomic mass is 16.7. The lowest BCUT2D eigenvalue weighted by Gasteiger charge is -2.22. The quantitative estimate of drug-likeness (QED) is 0.506. The molecule has 7 heteroatoms. The van der Waals surface area contributed by atoms with Crippen LogP contribution < -0.4 is 9.47 Å². The Hall–Kier alpha value is -3.22. The topological polar surface area (TPSA) is 89.2 Å². The molecule has 2 aromatic rings. The standard InChI is InChI=1S/C20H19NO6/c1-3-8-21-17(14-6-4-11(2)27-14)16(19(23)20(21)24)18(22)12-5-7-13-15(9-12)26-10-25-13/h4-7,9,17,22H,3,8,10H2,1-2H3/b18-16-. The lowest BCUT2D eigenvalue weighted by Crippen LogP contribution is -2.30. The average molecular weight is 369 g/mol. The van der Waals surface area contributed by atoms with Gasteiger partial charge in [-0.25, -0.2) is 0 Å². The molecule has 0 radical (unpaired) electrons. The van der Waals surface area contributed by atoms with Gasteiger partial charge in [-0.1, -0.05) is 6.92 Å². The minimum atomic E-state index is -0.760. The van der Waals surface area contributed by atoms with Crippen molar-refractivity contribution in [2.24, 2.45) is 0 Å². The number of hydrogen-bond acceptors (Lipinski definition) is 6. The number of benzene rings is 1. The van der Waals surface area contributed by atoms with Gasteiger partial charge in [-0.3, -0.25) is 9.59 Å². The molecule has 27 heavy (non-hydrogen) atoms. The van der Waals surface area contributed by atoms with E-state index in [4.69, 9.17) is 13.9 Å². The molecule has 140 valence electrons. The molecule has 1 amide bonds. The maximum atomic E-state index is 12.7. The summed E-state index contributed by atoms with van der Waals surface area (Å²) in [5.74, 6) is 0.529. The van der Waals surface area contributed by atoms with E-state index in [1.807, 2.05) is 6.92 Å². The smallest absolute Gasteiger partial charge is 0.295 e. The lowest BCUT2D eigenvalue weighted by atomic mass is 9.99. The van der Waals surface area contributed by atoms with Crippen molar-refractivity contribution in [1.29, 1.82) is 0 Å². The molecule has 3 heterocycles. The maximum absolute atomic E-state index is 12.7. The van der Waals surface area contributed by atoms with Crippen LogP contribution in [0.25, 0.3) is 5.76 Å². The molecule has 7 nitrogen and oxygen atoms in total. The highest BCUT2D eigenvalue weighted by Crippen LogP contribution is 2.41. The Morgan fingerprint density at radius 2 is 1.96 bits per heavy atom. The highest BCUT2D eigenvalue weighted by Gasteiger charge is 2.47. The maximum Gasteiger partial charge on any atom is 0.295 e. The molecule has 2 aliphatic heterocycles. The zero-order chi connectivity index (χ0) is 19.1. The predicted octanol–water partition coefficient (Wildman–Crippen LogP) is 3.15. The molecule has 0 saturated carbocycles. The summed E-state index contributed by atoms with van der Waals surface area (Å²) in [4.78, 5) is 26.7. The largest absolute Gasteiger partial charge is 0.507 e. The Labute approximate surface area is 155 Å². The summed E-state index contributed by atoms with van der Waals surface area (Å²) in [5, 5.41) is 10.9. The molecule has 1 fully saturated rings. The number of hydrogen-bond donors (Lipinski definition) is 1. The van der Waals surface area contributed by atoms with Crippen LogP contribution in [-0.2, 0) is 9.59 Å². The Balaban J connectivity index is 1.85. The third-order valence-electron chi connectivity index (χ3n) is 4.68. The Bertz CT molecular complexity index is 957. The highest BCUT2D eigenvalue weighted by molar-refractivity contribution is 6.46. The van der Waals surface area contributed by atoms with Crippen LogP contribution in [-0.4, -0.2) is 35.0 Å². The number of nitrogens with zero attached hydrogens (tertiary/aromatic N) is 1. The SMILES string of the molecule is CCCN1C(=O)C(=O)/C(=C(\O)c2ccc3c(c2)OCO3)C1c1ccc(C)o1. The molecular weight excluding hydrogens is 350 g/mol. The lowest BCUT2D eigenvalue weighted by molar-refractivity contribution is -0.140. The van der Waals surface area contributed by atoms with Gasteiger partial charge in [0.25, 0.3) is 11.7 Å². The van der Waals surface area contributed by atoms with Crippen LogP contribution in [0.3, 0.4) is 0 Å². The number of fused-ring (bicyclic) bond motifs is 1. The van der Waals surface area contributed by atoms with E-state index in [1.54, 1.807) is 37.3 Å². The van der Waals surface area contributed by atoms with Crippen LogP contribution in [0.15, 0.2) is 40.3 Å². The molecular formula is C20H19NO6. The summed E-state index contributed by atoms with van der Waals surface area (Å²) in [5.41, 5.74) is 0.392. The van der Waals surface area contributed by atoms with E-state index in [-0.39, 0.29) is 18.1 Å². The first-order valence-electron chi connectivity index (χ1n) is 8.76. The van der Waals surface area contributed by atoms with Crippen molar-refractivity contribution in [2.45, 2.75) is 26.3 Å². The van der Waals surface area contributed by atoms with Gasteiger partial charge in [0.1, 0.15) is 23.3 Å². The van der Waals surface area contributed by atoms with Crippen LogP contribution >= 0.6 is 0 Å². The van der Waals surface area contributed by atoms with Gasteiger partial charge in [0.2, 0.25) is 6.79 Å². The minimum absolute atomic E-state index is 0.0154. The van der Waals surface area contributed by atoms with E-state index in [9.17, 15) is 14.7 Å². The Kier molecular flexibility index (Phi) is 4.14. The molecule has 1 aromatic carbocycles. The number of ether oxygens (including phenoxy) is 2. The fourth-order valence-electron chi connectivity index (χ4n) is 3.45. The number of furan rings is 1. The molecule has 0 spiro atoms. The molecule has 1 unspecified atom stereocenters. The van der Waals surface area contributed by atoms with E-state index >= 15 is 0 Å². The zero-order valence-electron chi connectivity index (χ0n) is 15.0. The number of aliphatic hydroxyl groups is 1.